The Morgan fingerprint density at radius 1 is 1.04 bits per heavy atom. The van der Waals surface area contributed by atoms with Gasteiger partial charge >= 0.3 is 0 Å². The molecule has 1 atom stereocenters. The van der Waals surface area contributed by atoms with Gasteiger partial charge in [-0.3, -0.25) is 14.5 Å². The Morgan fingerprint density at radius 2 is 1.70 bits per heavy atom. The minimum atomic E-state index is -0.0999. The van der Waals surface area contributed by atoms with E-state index in [1.54, 1.807) is 19.2 Å². The molecule has 0 radical (unpaired) electrons. The van der Waals surface area contributed by atoms with E-state index in [0.717, 1.165) is 24.0 Å². The summed E-state index contributed by atoms with van der Waals surface area (Å²) in [7, 11) is 3.54. The van der Waals surface area contributed by atoms with Crippen molar-refractivity contribution in [2.45, 2.75) is 32.4 Å². The number of carbonyl (C=O) groups is 2. The van der Waals surface area contributed by atoms with Crippen LogP contribution in [0.4, 0.5) is 0 Å². The third-order valence-corrected chi connectivity index (χ3v) is 4.42. The summed E-state index contributed by atoms with van der Waals surface area (Å²) in [5, 5.41) is 5.76. The van der Waals surface area contributed by atoms with E-state index < -0.39 is 0 Å². The molecule has 2 N–H and O–H groups in total. The Morgan fingerprint density at radius 3 is 2.30 bits per heavy atom. The molecule has 0 bridgehead atoms. The van der Waals surface area contributed by atoms with Crippen LogP contribution in [0.15, 0.2) is 54.6 Å². The standard InChI is InChI=1S/C22H29N3O2/c1-4-8-20(18-9-6-5-7-10-18)24-21(26)16-25(3)15-17-11-13-19(14-12-17)22(27)23-2/h5-7,9-14,20H,4,8,15-16H2,1-3H3,(H,23,27)(H,24,26)/t20-/m1/s1. The van der Waals surface area contributed by atoms with Gasteiger partial charge in [-0.25, -0.2) is 0 Å². The van der Waals surface area contributed by atoms with E-state index in [-0.39, 0.29) is 17.9 Å². The van der Waals surface area contributed by atoms with E-state index in [2.05, 4.69) is 29.7 Å². The number of carbonyl (C=O) groups excluding carboxylic acids is 2. The molecule has 0 aliphatic carbocycles. The SMILES string of the molecule is CCC[C@@H](NC(=O)CN(C)Cc1ccc(C(=O)NC)cc1)c1ccccc1. The second-order valence-corrected chi connectivity index (χ2v) is 6.77. The highest BCUT2D eigenvalue weighted by molar-refractivity contribution is 5.93. The molecule has 2 aromatic carbocycles. The Kier molecular flexibility index (Phi) is 8.01. The van der Waals surface area contributed by atoms with Crippen molar-refractivity contribution >= 4 is 11.8 Å². The average molecular weight is 367 g/mol. The lowest BCUT2D eigenvalue weighted by Gasteiger charge is -2.21. The summed E-state index contributed by atoms with van der Waals surface area (Å²) in [6.45, 7) is 3.09. The van der Waals surface area contributed by atoms with E-state index in [1.165, 1.54) is 0 Å². The Balaban J connectivity index is 1.89. The Bertz CT molecular complexity index is 729. The molecular weight excluding hydrogens is 338 g/mol. The zero-order valence-corrected chi connectivity index (χ0v) is 16.4. The van der Waals surface area contributed by atoms with Crippen molar-refractivity contribution in [1.29, 1.82) is 0 Å². The fourth-order valence-corrected chi connectivity index (χ4v) is 3.05. The number of nitrogens with zero attached hydrogens (tertiary/aromatic N) is 1. The van der Waals surface area contributed by atoms with E-state index in [0.29, 0.717) is 18.7 Å². The van der Waals surface area contributed by atoms with Crippen LogP contribution in [0.5, 0.6) is 0 Å². The maximum Gasteiger partial charge on any atom is 0.251 e. The number of likely N-dealkylation sites (N-methyl/N-ethyl adjacent to an activating group) is 1. The lowest BCUT2D eigenvalue weighted by molar-refractivity contribution is -0.122. The molecule has 5 nitrogen and oxygen atoms in total. The minimum absolute atomic E-state index is 0.0155. The molecule has 27 heavy (non-hydrogen) atoms. The molecule has 0 spiro atoms. The molecule has 0 aliphatic rings. The highest BCUT2D eigenvalue weighted by Gasteiger charge is 2.15. The van der Waals surface area contributed by atoms with Crippen LogP contribution in [0.25, 0.3) is 0 Å². The van der Waals surface area contributed by atoms with E-state index >= 15 is 0 Å². The lowest BCUT2D eigenvalue weighted by Crippen LogP contribution is -2.37. The molecule has 0 unspecified atom stereocenters. The van der Waals surface area contributed by atoms with Crippen LogP contribution in [-0.2, 0) is 11.3 Å². The molecule has 0 saturated heterocycles. The lowest BCUT2D eigenvalue weighted by atomic mass is 10.0. The molecule has 2 rings (SSSR count). The van der Waals surface area contributed by atoms with Crippen LogP contribution >= 0.6 is 0 Å². The van der Waals surface area contributed by atoms with E-state index in [4.69, 9.17) is 0 Å². The second-order valence-electron chi connectivity index (χ2n) is 6.77. The fourth-order valence-electron chi connectivity index (χ4n) is 3.05. The third kappa shape index (κ3) is 6.53. The number of benzene rings is 2. The van der Waals surface area contributed by atoms with Crippen LogP contribution in [0.2, 0.25) is 0 Å². The summed E-state index contributed by atoms with van der Waals surface area (Å²) in [5.41, 5.74) is 2.83. The van der Waals surface area contributed by atoms with Crippen molar-refractivity contribution in [2.24, 2.45) is 0 Å². The third-order valence-electron chi connectivity index (χ3n) is 4.42. The predicted molar refractivity (Wildman–Crippen MR) is 108 cm³/mol. The molecule has 5 heteroatoms. The van der Waals surface area contributed by atoms with Gasteiger partial charge in [-0.2, -0.15) is 0 Å². The summed E-state index contributed by atoms with van der Waals surface area (Å²) < 4.78 is 0. The summed E-state index contributed by atoms with van der Waals surface area (Å²) >= 11 is 0. The van der Waals surface area contributed by atoms with Crippen LogP contribution < -0.4 is 10.6 Å². The van der Waals surface area contributed by atoms with Gasteiger partial charge in [0, 0.05) is 19.2 Å². The fraction of sp³-hybridized carbons (Fsp3) is 0.364. The molecule has 0 saturated carbocycles. The second kappa shape index (κ2) is 10.5. The first kappa shape index (κ1) is 20.6. The van der Waals surface area contributed by atoms with Crippen LogP contribution in [-0.4, -0.2) is 37.4 Å². The number of nitrogens with one attached hydrogen (secondary N) is 2. The summed E-state index contributed by atoms with van der Waals surface area (Å²) in [6, 6.07) is 17.6. The molecule has 0 aliphatic heterocycles. The number of hydrogen-bond donors (Lipinski definition) is 2. The highest BCUT2D eigenvalue weighted by Crippen LogP contribution is 2.18. The monoisotopic (exact) mass is 367 g/mol. The minimum Gasteiger partial charge on any atom is -0.355 e. The van der Waals surface area contributed by atoms with Gasteiger partial charge in [0.05, 0.1) is 12.6 Å². The largest absolute Gasteiger partial charge is 0.355 e. The van der Waals surface area contributed by atoms with Crippen molar-refractivity contribution in [2.75, 3.05) is 20.6 Å². The maximum atomic E-state index is 12.5. The molecule has 0 fully saturated rings. The van der Waals surface area contributed by atoms with Crippen molar-refractivity contribution in [1.82, 2.24) is 15.5 Å². The van der Waals surface area contributed by atoms with Crippen molar-refractivity contribution in [3.8, 4) is 0 Å². The topological polar surface area (TPSA) is 61.4 Å². The first-order valence-electron chi connectivity index (χ1n) is 9.37. The van der Waals surface area contributed by atoms with Crippen molar-refractivity contribution in [3.05, 3.63) is 71.3 Å². The van der Waals surface area contributed by atoms with Crippen molar-refractivity contribution in [3.63, 3.8) is 0 Å². The molecule has 0 heterocycles. The highest BCUT2D eigenvalue weighted by atomic mass is 16.2. The van der Waals surface area contributed by atoms with Crippen LogP contribution in [0, 0.1) is 0 Å². The first-order chi connectivity index (χ1) is 13.0. The predicted octanol–water partition coefficient (Wildman–Crippen LogP) is 3.14. The van der Waals surface area contributed by atoms with Gasteiger partial charge in [-0.1, -0.05) is 55.8 Å². The van der Waals surface area contributed by atoms with Gasteiger partial charge in [0.1, 0.15) is 0 Å². The molecule has 2 aromatic rings. The van der Waals surface area contributed by atoms with Gasteiger partial charge in [0.2, 0.25) is 5.91 Å². The summed E-state index contributed by atoms with van der Waals surface area (Å²) in [6.07, 6.45) is 1.92. The van der Waals surface area contributed by atoms with E-state index in [9.17, 15) is 9.59 Å². The molecule has 144 valence electrons. The van der Waals surface area contributed by atoms with Gasteiger partial charge in [-0.05, 0) is 36.7 Å². The Labute approximate surface area is 161 Å². The zero-order valence-electron chi connectivity index (χ0n) is 16.4. The average Bonchev–Trinajstić information content (AvgIpc) is 2.68. The summed E-state index contributed by atoms with van der Waals surface area (Å²) in [4.78, 5) is 26.0. The number of amides is 2. The number of hydrogen-bond acceptors (Lipinski definition) is 3. The summed E-state index contributed by atoms with van der Waals surface area (Å²) in [5.74, 6) is -0.0843. The molecular formula is C22H29N3O2. The maximum absolute atomic E-state index is 12.5. The van der Waals surface area contributed by atoms with Crippen molar-refractivity contribution < 1.29 is 9.59 Å². The smallest absolute Gasteiger partial charge is 0.251 e. The van der Waals surface area contributed by atoms with Crippen LogP contribution in [0.3, 0.4) is 0 Å². The quantitative estimate of drug-likeness (QED) is 0.716. The zero-order chi connectivity index (χ0) is 19.6. The first-order valence-corrected chi connectivity index (χ1v) is 9.37. The van der Waals surface area contributed by atoms with Gasteiger partial charge in [0.25, 0.3) is 5.91 Å². The van der Waals surface area contributed by atoms with Gasteiger partial charge in [-0.15, -0.1) is 0 Å². The normalized spacial score (nSPS) is 11.9. The molecule has 2 amide bonds. The van der Waals surface area contributed by atoms with Gasteiger partial charge in [0.15, 0.2) is 0 Å². The van der Waals surface area contributed by atoms with Crippen LogP contribution in [0.1, 0.15) is 47.3 Å². The Hall–Kier alpha value is -2.66. The van der Waals surface area contributed by atoms with E-state index in [1.807, 2.05) is 42.3 Å². The molecule has 0 aromatic heterocycles. The van der Waals surface area contributed by atoms with Gasteiger partial charge < -0.3 is 10.6 Å². The number of rotatable bonds is 9.